The molecule has 13 heteroatoms. The summed E-state index contributed by atoms with van der Waals surface area (Å²) < 4.78 is 43.2. The van der Waals surface area contributed by atoms with Gasteiger partial charge in [-0.2, -0.15) is 18.3 Å². The maximum atomic E-state index is 13.9. The summed E-state index contributed by atoms with van der Waals surface area (Å²) in [5.41, 5.74) is 13.1. The highest BCUT2D eigenvalue weighted by Gasteiger charge is 2.34. The molecule has 6 N–H and O–H groups in total. The van der Waals surface area contributed by atoms with Gasteiger partial charge in [0, 0.05) is 48.5 Å². The van der Waals surface area contributed by atoms with Crippen LogP contribution in [0.25, 0.3) is 22.2 Å². The first-order valence-corrected chi connectivity index (χ1v) is 12.4. The van der Waals surface area contributed by atoms with Gasteiger partial charge in [-0.15, -0.1) is 0 Å². The van der Waals surface area contributed by atoms with E-state index < -0.39 is 17.8 Å². The number of alkyl halides is 3. The Hall–Kier alpha value is -4.23. The van der Waals surface area contributed by atoms with Crippen molar-refractivity contribution in [3.63, 3.8) is 0 Å². The Morgan fingerprint density at radius 1 is 1.10 bits per heavy atom. The Kier molecular flexibility index (Phi) is 7.10. The normalized spacial score (nSPS) is 15.0. The van der Waals surface area contributed by atoms with Crippen LogP contribution in [0.4, 0.5) is 35.4 Å². The van der Waals surface area contributed by atoms with Crippen LogP contribution in [-0.4, -0.2) is 49.8 Å². The number of nitrogens with one attached hydrogen (secondary N) is 2. The molecule has 0 radical (unpaired) electrons. The lowest BCUT2D eigenvalue weighted by Crippen LogP contribution is -2.39. The molecule has 2 aromatic carbocycles. The Balaban J connectivity index is 1.29. The molecule has 3 heterocycles. The maximum Gasteiger partial charge on any atom is 0.416 e. The Labute approximate surface area is 222 Å². The van der Waals surface area contributed by atoms with Crippen LogP contribution >= 0.6 is 0 Å². The molecule has 0 bridgehead atoms. The zero-order valence-corrected chi connectivity index (χ0v) is 21.2. The summed E-state index contributed by atoms with van der Waals surface area (Å²) in [5, 5.41) is 10.1. The molecule has 1 aliphatic heterocycles. The SMILES string of the molecule is Cn1nc(NC(=O)Nc2ccc(CN3CCC(N)CC3)c(C(F)(F)F)c2)cc1-c1ccc2nc(N)ncc2c1. The van der Waals surface area contributed by atoms with Crippen LogP contribution in [0.2, 0.25) is 0 Å². The number of nitrogen functional groups attached to an aromatic ring is 1. The van der Waals surface area contributed by atoms with Crippen molar-refractivity contribution in [2.75, 3.05) is 29.5 Å². The topological polar surface area (TPSA) is 140 Å². The third-order valence-electron chi connectivity index (χ3n) is 6.71. The number of carbonyl (C=O) groups excluding carboxylic acids is 1. The summed E-state index contributed by atoms with van der Waals surface area (Å²) in [6, 6.07) is 10.4. The van der Waals surface area contributed by atoms with E-state index in [1.54, 1.807) is 30.1 Å². The molecule has 39 heavy (non-hydrogen) atoms. The second-order valence-corrected chi connectivity index (χ2v) is 9.60. The number of hydrogen-bond donors (Lipinski definition) is 4. The van der Waals surface area contributed by atoms with Crippen LogP contribution in [-0.2, 0) is 19.8 Å². The number of rotatable bonds is 5. The van der Waals surface area contributed by atoms with Crippen molar-refractivity contribution in [1.82, 2.24) is 24.6 Å². The number of nitrogens with two attached hydrogens (primary N) is 2. The van der Waals surface area contributed by atoms with Gasteiger partial charge in [-0.3, -0.25) is 14.9 Å². The molecule has 0 spiro atoms. The number of anilines is 3. The number of nitrogens with zero attached hydrogens (tertiary/aromatic N) is 5. The standard InChI is InChI=1S/C26H28F3N9O/c1-37-22(15-3-5-21-17(10-15)13-32-24(31)34-21)12-23(36-37)35-25(39)33-19-4-2-16(20(11-19)26(27,28)29)14-38-8-6-18(30)7-9-38/h2-5,10-13,18H,6-9,14,30H2,1H3,(H2,31,32,34)(H2,33,35,36,39). The molecule has 2 amide bonds. The third kappa shape index (κ3) is 6.10. The fourth-order valence-electron chi connectivity index (χ4n) is 4.69. The average molecular weight is 540 g/mol. The molecule has 1 aliphatic rings. The Morgan fingerprint density at radius 2 is 1.87 bits per heavy atom. The number of piperidine rings is 1. The summed E-state index contributed by atoms with van der Waals surface area (Å²) >= 11 is 0. The van der Waals surface area contributed by atoms with Gasteiger partial charge in [-0.25, -0.2) is 14.8 Å². The molecule has 5 rings (SSSR count). The highest BCUT2D eigenvalue weighted by atomic mass is 19.4. The van der Waals surface area contributed by atoms with Crippen molar-refractivity contribution in [1.29, 1.82) is 0 Å². The number of hydrogen-bond acceptors (Lipinski definition) is 7. The molecule has 0 atom stereocenters. The first-order chi connectivity index (χ1) is 18.5. The predicted molar refractivity (Wildman–Crippen MR) is 143 cm³/mol. The lowest BCUT2D eigenvalue weighted by Gasteiger charge is -2.30. The number of fused-ring (bicyclic) bond motifs is 1. The van der Waals surface area contributed by atoms with Crippen molar-refractivity contribution in [2.24, 2.45) is 12.8 Å². The van der Waals surface area contributed by atoms with Crippen molar-refractivity contribution >= 4 is 34.4 Å². The summed E-state index contributed by atoms with van der Waals surface area (Å²) in [6.07, 6.45) is -1.45. The Bertz CT molecular complexity index is 1510. The fourth-order valence-corrected chi connectivity index (χ4v) is 4.69. The second kappa shape index (κ2) is 10.5. The molecule has 10 nitrogen and oxygen atoms in total. The van der Waals surface area contributed by atoms with Crippen molar-refractivity contribution < 1.29 is 18.0 Å². The number of halogens is 3. The van der Waals surface area contributed by atoms with E-state index in [9.17, 15) is 18.0 Å². The quantitative estimate of drug-likeness (QED) is 0.298. The number of benzene rings is 2. The van der Waals surface area contributed by atoms with E-state index in [-0.39, 0.29) is 35.6 Å². The minimum atomic E-state index is -4.57. The van der Waals surface area contributed by atoms with Gasteiger partial charge >= 0.3 is 12.2 Å². The highest BCUT2D eigenvalue weighted by molar-refractivity contribution is 5.99. The summed E-state index contributed by atoms with van der Waals surface area (Å²) in [7, 11) is 1.71. The molecular weight excluding hydrogens is 511 g/mol. The summed E-state index contributed by atoms with van der Waals surface area (Å²) in [4.78, 5) is 22.8. The van der Waals surface area contributed by atoms with Gasteiger partial charge in [-0.05, 0) is 55.8 Å². The number of aromatic nitrogens is 4. The minimum Gasteiger partial charge on any atom is -0.368 e. The second-order valence-electron chi connectivity index (χ2n) is 9.60. The predicted octanol–water partition coefficient (Wildman–Crippen LogP) is 4.20. The van der Waals surface area contributed by atoms with Gasteiger partial charge in [-0.1, -0.05) is 12.1 Å². The fraction of sp³-hybridized carbons (Fsp3) is 0.308. The molecule has 1 fully saturated rings. The van der Waals surface area contributed by atoms with Crippen molar-refractivity contribution in [3.05, 3.63) is 59.8 Å². The molecule has 2 aromatic heterocycles. The van der Waals surface area contributed by atoms with Crippen LogP contribution in [0, 0.1) is 0 Å². The van der Waals surface area contributed by atoms with Crippen molar-refractivity contribution in [2.45, 2.75) is 31.6 Å². The zero-order chi connectivity index (χ0) is 27.7. The zero-order valence-electron chi connectivity index (χ0n) is 21.2. The number of aryl methyl sites for hydroxylation is 1. The van der Waals surface area contributed by atoms with E-state index in [0.29, 0.717) is 24.3 Å². The van der Waals surface area contributed by atoms with E-state index >= 15 is 0 Å². The lowest BCUT2D eigenvalue weighted by molar-refractivity contribution is -0.138. The molecule has 0 saturated carbocycles. The average Bonchev–Trinajstić information content (AvgIpc) is 3.24. The van der Waals surface area contributed by atoms with Gasteiger partial charge in [0.05, 0.1) is 16.8 Å². The van der Waals surface area contributed by atoms with Gasteiger partial charge < -0.3 is 16.8 Å². The number of carbonyl (C=O) groups is 1. The number of amides is 2. The molecular formula is C26H28F3N9O. The first-order valence-electron chi connectivity index (χ1n) is 12.4. The smallest absolute Gasteiger partial charge is 0.368 e. The monoisotopic (exact) mass is 539 g/mol. The van der Waals surface area contributed by atoms with Crippen LogP contribution in [0.1, 0.15) is 24.0 Å². The van der Waals surface area contributed by atoms with E-state index in [1.165, 1.54) is 12.1 Å². The Morgan fingerprint density at radius 3 is 2.62 bits per heavy atom. The third-order valence-corrected chi connectivity index (χ3v) is 6.71. The molecule has 0 unspecified atom stereocenters. The van der Waals surface area contributed by atoms with Crippen LogP contribution < -0.4 is 22.1 Å². The van der Waals surface area contributed by atoms with Gasteiger partial charge in [0.15, 0.2) is 5.82 Å². The van der Waals surface area contributed by atoms with Crippen LogP contribution in [0.5, 0.6) is 0 Å². The maximum absolute atomic E-state index is 13.9. The molecule has 4 aromatic rings. The van der Waals surface area contributed by atoms with Crippen LogP contribution in [0.15, 0.2) is 48.7 Å². The van der Waals surface area contributed by atoms with E-state index in [1.807, 2.05) is 17.0 Å². The molecule has 0 aliphatic carbocycles. The van der Waals surface area contributed by atoms with Gasteiger partial charge in [0.2, 0.25) is 5.95 Å². The lowest BCUT2D eigenvalue weighted by atomic mass is 10.0. The van der Waals surface area contributed by atoms with E-state index in [0.717, 1.165) is 29.9 Å². The number of urea groups is 1. The van der Waals surface area contributed by atoms with Gasteiger partial charge in [0.1, 0.15) is 0 Å². The summed E-state index contributed by atoms with van der Waals surface area (Å²) in [5.74, 6) is 0.409. The molecule has 1 saturated heterocycles. The number of likely N-dealkylation sites (tertiary alicyclic amines) is 1. The first kappa shape index (κ1) is 26.4. The largest absolute Gasteiger partial charge is 0.416 e. The molecule has 204 valence electrons. The van der Waals surface area contributed by atoms with E-state index in [4.69, 9.17) is 11.5 Å². The summed E-state index contributed by atoms with van der Waals surface area (Å²) in [6.45, 7) is 1.46. The van der Waals surface area contributed by atoms with Gasteiger partial charge in [0.25, 0.3) is 0 Å². The van der Waals surface area contributed by atoms with E-state index in [2.05, 4.69) is 25.7 Å². The highest BCUT2D eigenvalue weighted by Crippen LogP contribution is 2.35. The van der Waals surface area contributed by atoms with Crippen molar-refractivity contribution in [3.8, 4) is 11.3 Å². The van der Waals surface area contributed by atoms with Crippen LogP contribution in [0.3, 0.4) is 0 Å². The minimum absolute atomic E-state index is 0.0224.